The van der Waals surface area contributed by atoms with E-state index in [1.54, 1.807) is 0 Å². The van der Waals surface area contributed by atoms with Gasteiger partial charge in [0, 0.05) is 12.5 Å². The van der Waals surface area contributed by atoms with E-state index in [0.29, 0.717) is 6.42 Å². The van der Waals surface area contributed by atoms with Crippen molar-refractivity contribution < 1.29 is 14.7 Å². The van der Waals surface area contributed by atoms with Crippen LogP contribution in [0, 0.1) is 17.3 Å². The third-order valence-corrected chi connectivity index (χ3v) is 3.50. The molecule has 0 spiro atoms. The lowest BCUT2D eigenvalue weighted by Gasteiger charge is -2.24. The lowest BCUT2D eigenvalue weighted by atomic mass is 9.84. The molecule has 4 heteroatoms. The third-order valence-electron chi connectivity index (χ3n) is 3.50. The first kappa shape index (κ1) is 18.9. The Morgan fingerprint density at radius 2 is 1.75 bits per heavy atom. The van der Waals surface area contributed by atoms with Crippen LogP contribution in [0.2, 0.25) is 0 Å². The Labute approximate surface area is 123 Å². The maximum atomic E-state index is 12.1. The smallest absolute Gasteiger partial charge is 0.308 e. The molecule has 1 amide bonds. The number of carbonyl (C=O) groups is 2. The van der Waals surface area contributed by atoms with E-state index in [0.717, 1.165) is 25.7 Å². The molecule has 0 saturated heterocycles. The van der Waals surface area contributed by atoms with E-state index in [1.807, 2.05) is 27.7 Å². The zero-order valence-corrected chi connectivity index (χ0v) is 13.7. The fraction of sp³-hybridized carbons (Fsp3) is 0.875. The molecule has 0 aliphatic rings. The number of amides is 1. The summed E-state index contributed by atoms with van der Waals surface area (Å²) in [7, 11) is 0. The van der Waals surface area contributed by atoms with E-state index < -0.39 is 11.9 Å². The van der Waals surface area contributed by atoms with E-state index in [4.69, 9.17) is 0 Å². The van der Waals surface area contributed by atoms with Gasteiger partial charge in [0.15, 0.2) is 0 Å². The summed E-state index contributed by atoms with van der Waals surface area (Å²) in [6, 6.07) is 0. The van der Waals surface area contributed by atoms with E-state index in [-0.39, 0.29) is 23.8 Å². The first-order valence-electron chi connectivity index (χ1n) is 7.71. The van der Waals surface area contributed by atoms with Crippen molar-refractivity contribution in [2.75, 3.05) is 6.54 Å². The van der Waals surface area contributed by atoms with E-state index in [1.165, 1.54) is 0 Å². The zero-order valence-electron chi connectivity index (χ0n) is 13.7. The number of unbranched alkanes of at least 4 members (excludes halogenated alkanes) is 1. The lowest BCUT2D eigenvalue weighted by Crippen LogP contribution is -2.38. The van der Waals surface area contributed by atoms with Crippen LogP contribution in [0.5, 0.6) is 0 Å². The van der Waals surface area contributed by atoms with Gasteiger partial charge in [-0.05, 0) is 24.7 Å². The molecule has 2 N–H and O–H groups in total. The first-order valence-corrected chi connectivity index (χ1v) is 7.71. The highest BCUT2D eigenvalue weighted by atomic mass is 16.4. The Hall–Kier alpha value is -1.06. The zero-order chi connectivity index (χ0) is 15.8. The van der Waals surface area contributed by atoms with Gasteiger partial charge in [0.25, 0.3) is 0 Å². The third kappa shape index (κ3) is 8.18. The highest BCUT2D eigenvalue weighted by Crippen LogP contribution is 2.24. The minimum atomic E-state index is -0.832. The Kier molecular flexibility index (Phi) is 8.51. The Morgan fingerprint density at radius 1 is 1.15 bits per heavy atom. The molecule has 118 valence electrons. The predicted octanol–water partition coefficient (Wildman–Crippen LogP) is 3.46. The van der Waals surface area contributed by atoms with Gasteiger partial charge in [0.05, 0.1) is 5.92 Å². The number of hydrogen-bond donors (Lipinski definition) is 2. The maximum Gasteiger partial charge on any atom is 0.308 e. The average molecular weight is 285 g/mol. The number of carbonyl (C=O) groups excluding carboxylic acids is 1. The highest BCUT2D eigenvalue weighted by Gasteiger charge is 2.26. The van der Waals surface area contributed by atoms with E-state index >= 15 is 0 Å². The number of rotatable bonds is 9. The van der Waals surface area contributed by atoms with Gasteiger partial charge < -0.3 is 10.4 Å². The van der Waals surface area contributed by atoms with Crippen LogP contribution in [0.1, 0.15) is 66.7 Å². The van der Waals surface area contributed by atoms with Crippen molar-refractivity contribution in [3.05, 3.63) is 0 Å². The fourth-order valence-corrected chi connectivity index (χ4v) is 2.33. The van der Waals surface area contributed by atoms with Crippen LogP contribution in [0.4, 0.5) is 0 Å². The van der Waals surface area contributed by atoms with Crippen molar-refractivity contribution in [2.45, 2.75) is 66.7 Å². The molecule has 0 rings (SSSR count). The number of nitrogens with one attached hydrogen (secondary N) is 1. The number of carboxylic acid groups (broad SMARTS) is 1. The molecular formula is C16H31NO3. The average Bonchev–Trinajstić information content (AvgIpc) is 2.33. The van der Waals surface area contributed by atoms with Gasteiger partial charge in [-0.2, -0.15) is 0 Å². The van der Waals surface area contributed by atoms with Gasteiger partial charge >= 0.3 is 5.97 Å². The molecule has 0 aromatic carbocycles. The standard InChI is InChI=1S/C16H31NO3/c1-6-8-9-12(7-2)14(18)17-11-13(15(19)20)10-16(3,4)5/h12-13H,6-11H2,1-5H3,(H,17,18)(H,19,20). The van der Waals surface area contributed by atoms with Gasteiger partial charge in [-0.15, -0.1) is 0 Å². The van der Waals surface area contributed by atoms with Crippen molar-refractivity contribution in [1.82, 2.24) is 5.32 Å². The summed E-state index contributed by atoms with van der Waals surface area (Å²) >= 11 is 0. The first-order chi connectivity index (χ1) is 9.21. The molecule has 20 heavy (non-hydrogen) atoms. The van der Waals surface area contributed by atoms with Crippen LogP contribution in [-0.4, -0.2) is 23.5 Å². The molecule has 4 nitrogen and oxygen atoms in total. The van der Waals surface area contributed by atoms with Crippen LogP contribution in [-0.2, 0) is 9.59 Å². The minimum absolute atomic E-state index is 0.00103. The Morgan fingerprint density at radius 3 is 2.15 bits per heavy atom. The summed E-state index contributed by atoms with van der Waals surface area (Å²) in [5.74, 6) is -1.33. The second kappa shape index (κ2) is 8.98. The maximum absolute atomic E-state index is 12.1. The molecule has 0 aromatic rings. The van der Waals surface area contributed by atoms with Crippen LogP contribution in [0.3, 0.4) is 0 Å². The molecule has 0 bridgehead atoms. The summed E-state index contributed by atoms with van der Waals surface area (Å²) in [6.07, 6.45) is 4.37. The molecule has 0 saturated carbocycles. The molecule has 0 heterocycles. The molecule has 2 atom stereocenters. The molecule has 0 aromatic heterocycles. The van der Waals surface area contributed by atoms with E-state index in [2.05, 4.69) is 12.2 Å². The molecule has 0 radical (unpaired) electrons. The summed E-state index contributed by atoms with van der Waals surface area (Å²) < 4.78 is 0. The van der Waals surface area contributed by atoms with Crippen molar-refractivity contribution in [2.24, 2.45) is 17.3 Å². The molecule has 2 unspecified atom stereocenters. The highest BCUT2D eigenvalue weighted by molar-refractivity contribution is 5.79. The molecule has 0 aliphatic heterocycles. The fourth-order valence-electron chi connectivity index (χ4n) is 2.33. The van der Waals surface area contributed by atoms with E-state index in [9.17, 15) is 14.7 Å². The minimum Gasteiger partial charge on any atom is -0.481 e. The normalized spacial score (nSPS) is 14.7. The van der Waals surface area contributed by atoms with Crippen LogP contribution < -0.4 is 5.32 Å². The topological polar surface area (TPSA) is 66.4 Å². The largest absolute Gasteiger partial charge is 0.481 e. The second-order valence-electron chi connectivity index (χ2n) is 6.79. The van der Waals surface area contributed by atoms with Gasteiger partial charge in [0.2, 0.25) is 5.91 Å². The SMILES string of the molecule is CCCCC(CC)C(=O)NCC(CC(C)(C)C)C(=O)O. The molecule has 0 aliphatic carbocycles. The van der Waals surface area contributed by atoms with Crippen LogP contribution in [0.25, 0.3) is 0 Å². The predicted molar refractivity (Wildman–Crippen MR) is 81.5 cm³/mol. The quantitative estimate of drug-likeness (QED) is 0.682. The van der Waals surface area contributed by atoms with Gasteiger partial charge in [-0.25, -0.2) is 0 Å². The summed E-state index contributed by atoms with van der Waals surface area (Å²) in [4.78, 5) is 23.3. The Balaban J connectivity index is 4.39. The lowest BCUT2D eigenvalue weighted by molar-refractivity contribution is -0.142. The van der Waals surface area contributed by atoms with Crippen molar-refractivity contribution in [1.29, 1.82) is 0 Å². The van der Waals surface area contributed by atoms with Gasteiger partial charge in [0.1, 0.15) is 0 Å². The summed E-state index contributed by atoms with van der Waals surface area (Å²) in [5, 5.41) is 12.1. The van der Waals surface area contributed by atoms with Crippen molar-refractivity contribution in [3.63, 3.8) is 0 Å². The van der Waals surface area contributed by atoms with Gasteiger partial charge in [-0.3, -0.25) is 9.59 Å². The number of carboxylic acids is 1. The number of aliphatic carboxylic acids is 1. The summed E-state index contributed by atoms with van der Waals surface area (Å²) in [5.41, 5.74) is -0.0554. The number of hydrogen-bond acceptors (Lipinski definition) is 2. The van der Waals surface area contributed by atoms with Crippen molar-refractivity contribution in [3.8, 4) is 0 Å². The Bertz CT molecular complexity index is 307. The second-order valence-corrected chi connectivity index (χ2v) is 6.79. The van der Waals surface area contributed by atoms with Gasteiger partial charge in [-0.1, -0.05) is 47.5 Å². The monoisotopic (exact) mass is 285 g/mol. The van der Waals surface area contributed by atoms with Crippen molar-refractivity contribution >= 4 is 11.9 Å². The molecular weight excluding hydrogens is 254 g/mol. The van der Waals surface area contributed by atoms with Crippen LogP contribution >= 0.6 is 0 Å². The van der Waals surface area contributed by atoms with Crippen LogP contribution in [0.15, 0.2) is 0 Å². The summed E-state index contributed by atoms with van der Waals surface area (Å²) in [6.45, 7) is 10.4. The molecule has 0 fully saturated rings.